The Bertz CT molecular complexity index is 2490. The summed E-state index contributed by atoms with van der Waals surface area (Å²) >= 11 is 1.71. The number of aromatic nitrogens is 4. The van der Waals surface area contributed by atoms with E-state index in [0.717, 1.165) is 59.9 Å². The van der Waals surface area contributed by atoms with Crippen LogP contribution in [0.3, 0.4) is 0 Å². The Hall–Kier alpha value is -6.11. The molecule has 3 aromatic heterocycles. The van der Waals surface area contributed by atoms with Crippen LogP contribution in [0.1, 0.15) is 64.5 Å². The first-order chi connectivity index (χ1) is 30.0. The van der Waals surface area contributed by atoms with Crippen molar-refractivity contribution in [1.82, 2.24) is 39.5 Å². The predicted molar refractivity (Wildman–Crippen MR) is 232 cm³/mol. The molecular weight excluding hydrogens is 813 g/mol. The van der Waals surface area contributed by atoms with Gasteiger partial charge < -0.3 is 45.0 Å². The highest BCUT2D eigenvalue weighted by Crippen LogP contribution is 2.37. The van der Waals surface area contributed by atoms with Crippen molar-refractivity contribution >= 4 is 51.2 Å². The lowest BCUT2D eigenvalue weighted by Crippen LogP contribution is -2.51. The summed E-state index contributed by atoms with van der Waals surface area (Å²) in [6, 6.07) is 10.3. The van der Waals surface area contributed by atoms with E-state index in [2.05, 4.69) is 25.8 Å². The number of carbonyl (C=O) groups excluding carboxylic acids is 3. The molecule has 4 aliphatic heterocycles. The second-order valence-corrected chi connectivity index (χ2v) is 17.8. The zero-order chi connectivity index (χ0) is 43.1. The second kappa shape index (κ2) is 17.3. The van der Waals surface area contributed by atoms with Crippen molar-refractivity contribution in [3.63, 3.8) is 0 Å². The minimum atomic E-state index is -0.467. The van der Waals surface area contributed by atoms with Gasteiger partial charge in [0.25, 0.3) is 5.91 Å². The van der Waals surface area contributed by atoms with Crippen LogP contribution in [-0.4, -0.2) is 133 Å². The maximum Gasteiger partial charge on any atom is 0.415 e. The van der Waals surface area contributed by atoms with Crippen LogP contribution in [0.15, 0.2) is 48.8 Å². The number of benzene rings is 2. The molecule has 0 saturated carbocycles. The zero-order valence-electron chi connectivity index (χ0n) is 34.8. The Labute approximate surface area is 362 Å². The molecule has 3 fully saturated rings. The van der Waals surface area contributed by atoms with Crippen LogP contribution in [0.4, 0.5) is 16.6 Å². The maximum atomic E-state index is 13.7. The summed E-state index contributed by atoms with van der Waals surface area (Å²) in [5, 5.41) is 20.7. The number of hydrogen-bond donors (Lipinski definition) is 3. The highest BCUT2D eigenvalue weighted by atomic mass is 32.1. The van der Waals surface area contributed by atoms with Gasteiger partial charge in [-0.2, -0.15) is 0 Å². The van der Waals surface area contributed by atoms with E-state index in [1.165, 1.54) is 10.9 Å². The number of fused-ring (bicyclic) bond motifs is 2. The minimum absolute atomic E-state index is 0.0319. The molecule has 9 rings (SSSR count). The van der Waals surface area contributed by atoms with Crippen molar-refractivity contribution in [1.29, 1.82) is 0 Å². The van der Waals surface area contributed by atoms with E-state index in [1.807, 2.05) is 24.8 Å². The van der Waals surface area contributed by atoms with Crippen molar-refractivity contribution in [3.8, 4) is 28.6 Å². The molecule has 17 nitrogen and oxygen atoms in total. The van der Waals surface area contributed by atoms with Gasteiger partial charge in [-0.1, -0.05) is 19.9 Å². The molecule has 0 radical (unpaired) electrons. The molecule has 324 valence electrons. The number of nitrogen functional groups attached to an aromatic ring is 1. The molecule has 62 heavy (non-hydrogen) atoms. The van der Waals surface area contributed by atoms with E-state index >= 15 is 0 Å². The van der Waals surface area contributed by atoms with Gasteiger partial charge in [0.1, 0.15) is 17.2 Å². The Kier molecular flexibility index (Phi) is 11.5. The van der Waals surface area contributed by atoms with E-state index in [4.69, 9.17) is 25.2 Å². The van der Waals surface area contributed by atoms with Gasteiger partial charge >= 0.3 is 6.09 Å². The summed E-state index contributed by atoms with van der Waals surface area (Å²) in [5.41, 5.74) is 9.81. The van der Waals surface area contributed by atoms with Crippen molar-refractivity contribution in [2.75, 3.05) is 76.2 Å². The summed E-state index contributed by atoms with van der Waals surface area (Å²) in [6.45, 7) is 11.6. The number of morpholine rings is 1. The van der Waals surface area contributed by atoms with Crippen molar-refractivity contribution in [2.45, 2.75) is 52.2 Å². The summed E-state index contributed by atoms with van der Waals surface area (Å²) in [5.74, 6) is 1.31. The van der Waals surface area contributed by atoms with Crippen LogP contribution in [0.25, 0.3) is 21.6 Å². The van der Waals surface area contributed by atoms with Gasteiger partial charge in [-0.15, -0.1) is 11.3 Å². The molecule has 0 aliphatic carbocycles. The maximum absolute atomic E-state index is 13.7. The number of likely N-dealkylation sites (tertiary alicyclic amines) is 1. The summed E-state index contributed by atoms with van der Waals surface area (Å²) in [7, 11) is 0. The summed E-state index contributed by atoms with van der Waals surface area (Å²) < 4.78 is 12.4. The summed E-state index contributed by atoms with van der Waals surface area (Å²) in [4.78, 5) is 69.6. The molecule has 7 heterocycles. The molecule has 0 spiro atoms. The molecule has 0 bridgehead atoms. The van der Waals surface area contributed by atoms with Gasteiger partial charge in [-0.25, -0.2) is 24.7 Å². The molecule has 3 amide bonds. The lowest BCUT2D eigenvalue weighted by atomic mass is 9.95. The zero-order valence-corrected chi connectivity index (χ0v) is 35.6. The van der Waals surface area contributed by atoms with Crippen LogP contribution in [-0.2, 0) is 29.2 Å². The first-order valence-corrected chi connectivity index (χ1v) is 21.9. The molecule has 4 aliphatic rings. The lowest BCUT2D eigenvalue weighted by Gasteiger charge is -2.38. The van der Waals surface area contributed by atoms with Crippen molar-refractivity contribution < 1.29 is 34.1 Å². The number of rotatable bonds is 8. The average molecular weight is 863 g/mol. The van der Waals surface area contributed by atoms with Crippen LogP contribution in [0.2, 0.25) is 0 Å². The fourth-order valence-corrected chi connectivity index (χ4v) is 9.82. The number of phenols is 2. The third-order valence-electron chi connectivity index (χ3n) is 12.2. The third kappa shape index (κ3) is 8.54. The Morgan fingerprint density at radius 3 is 2.31 bits per heavy atom. The molecular formula is C44H50N10O7S. The number of amides is 3. The Morgan fingerprint density at radius 2 is 1.58 bits per heavy atom. The normalized spacial score (nSPS) is 17.5. The van der Waals surface area contributed by atoms with Gasteiger partial charge in [0.05, 0.1) is 34.6 Å². The first-order valence-electron chi connectivity index (χ1n) is 21.1. The second-order valence-electron chi connectivity index (χ2n) is 16.6. The summed E-state index contributed by atoms with van der Waals surface area (Å²) in [6.07, 6.45) is 3.96. The molecule has 18 heteroatoms. The number of nitrogens with two attached hydrogens (primary N) is 1. The smallest absolute Gasteiger partial charge is 0.415 e. The Balaban J connectivity index is 0.759. The van der Waals surface area contributed by atoms with Gasteiger partial charge in [0.2, 0.25) is 11.9 Å². The van der Waals surface area contributed by atoms with E-state index in [9.17, 15) is 24.6 Å². The van der Waals surface area contributed by atoms with E-state index in [1.54, 1.807) is 51.7 Å². The number of ether oxygens (including phenoxy) is 2. The number of carbonyl (C=O) groups is 3. The number of hydrogen-bond acceptors (Lipinski definition) is 15. The van der Waals surface area contributed by atoms with Crippen LogP contribution >= 0.6 is 11.3 Å². The molecule has 0 unspecified atom stereocenters. The van der Waals surface area contributed by atoms with Gasteiger partial charge in [-0.3, -0.25) is 14.5 Å². The first kappa shape index (κ1) is 41.3. The molecule has 0 atom stereocenters. The predicted octanol–water partition coefficient (Wildman–Crippen LogP) is 4.81. The highest BCUT2D eigenvalue weighted by molar-refractivity contribution is 7.19. The minimum Gasteiger partial charge on any atom is -0.508 e. The SMILES string of the molecule is CC(C)c1cc(C(=O)N2Cc3ccc(OC(=O)N4CCC(C(=O)N5CCN(Cc6cc7nc(-c8cnc(N)nc8)nc(N8CCOCC8)c7s6)CC5)CC4)cc3C2)c(O)cc1O. The largest absolute Gasteiger partial charge is 0.508 e. The third-order valence-corrected chi connectivity index (χ3v) is 13.3. The molecule has 5 aromatic rings. The van der Waals surface area contributed by atoms with E-state index in [-0.39, 0.29) is 46.7 Å². The number of phenolic OH excluding ortho intramolecular Hbond substituents is 2. The number of anilines is 2. The number of nitrogens with zero attached hydrogens (tertiary/aromatic N) is 9. The fraction of sp³-hybridized carbons (Fsp3) is 0.432. The number of aromatic hydroxyl groups is 2. The van der Waals surface area contributed by atoms with Crippen LogP contribution in [0, 0.1) is 5.92 Å². The number of thiophene rings is 1. The van der Waals surface area contributed by atoms with Crippen molar-refractivity contribution in [2.24, 2.45) is 5.92 Å². The van der Waals surface area contributed by atoms with Crippen LogP contribution < -0.4 is 15.4 Å². The number of piperidine rings is 1. The average Bonchev–Trinajstić information content (AvgIpc) is 3.90. The van der Waals surface area contributed by atoms with E-state index in [0.29, 0.717) is 88.0 Å². The van der Waals surface area contributed by atoms with Crippen molar-refractivity contribution in [3.05, 3.63) is 75.9 Å². The van der Waals surface area contributed by atoms with Gasteiger partial charge in [-0.05, 0) is 59.7 Å². The lowest BCUT2D eigenvalue weighted by molar-refractivity contribution is -0.138. The number of piperazine rings is 1. The standard InChI is InChI=1S/C44H50N10O7S/c1-26(2)33-19-34(37(56)20-36(33)55)42(58)54-23-28-3-4-31(17-29(28)24-54)61-44(59)53-7-5-27(6-8-53)41(57)52-11-9-50(10-12-52)25-32-18-35-38(62-32)40(51-13-15-60-16-14-51)49-39(48-35)30-21-46-43(45)47-22-30/h3-4,17-22,26-27,55-56H,5-16,23-25H2,1-2H3,(H2,45,46,47). The molecule has 2 aromatic carbocycles. The molecule has 3 saturated heterocycles. The monoisotopic (exact) mass is 862 g/mol. The quantitative estimate of drug-likeness (QED) is 0.192. The Morgan fingerprint density at radius 1 is 0.855 bits per heavy atom. The highest BCUT2D eigenvalue weighted by Gasteiger charge is 2.33. The fourth-order valence-electron chi connectivity index (χ4n) is 8.67. The van der Waals surface area contributed by atoms with Gasteiger partial charge in [0, 0.05) is 101 Å². The molecule has 4 N–H and O–H groups in total. The van der Waals surface area contributed by atoms with Crippen LogP contribution in [0.5, 0.6) is 17.2 Å². The van der Waals surface area contributed by atoms with E-state index < -0.39 is 6.09 Å². The van der Waals surface area contributed by atoms with Gasteiger partial charge in [0.15, 0.2) is 11.6 Å². The topological polar surface area (TPSA) is 204 Å².